The summed E-state index contributed by atoms with van der Waals surface area (Å²) < 4.78 is 40.9. The van der Waals surface area contributed by atoms with Gasteiger partial charge in [0, 0.05) is 0 Å². The Hall–Kier alpha value is -0.210. The van der Waals surface area contributed by atoms with Gasteiger partial charge in [-0.2, -0.15) is 13.2 Å². The van der Waals surface area contributed by atoms with E-state index in [-0.39, 0.29) is 5.92 Å². The molecule has 0 aromatic heterocycles. The van der Waals surface area contributed by atoms with E-state index in [2.05, 4.69) is 6.92 Å². The largest absolute Gasteiger partial charge is 0.394 e. The molecule has 2 rings (SSSR count). The van der Waals surface area contributed by atoms with Gasteiger partial charge in [0.2, 0.25) is 0 Å². The lowest BCUT2D eigenvalue weighted by atomic mass is 9.60. The fraction of sp³-hybridized carbons (Fsp3) is 1.00. The van der Waals surface area contributed by atoms with Crippen LogP contribution in [-0.4, -0.2) is 6.18 Å². The SMILES string of the molecule is CCCC1CCC(C2(C(F)(F)F)CCCCC2)CC1. The van der Waals surface area contributed by atoms with Crippen LogP contribution < -0.4 is 0 Å². The Labute approximate surface area is 115 Å². The Morgan fingerprint density at radius 2 is 1.53 bits per heavy atom. The summed E-state index contributed by atoms with van der Waals surface area (Å²) in [5.41, 5.74) is -1.33. The predicted octanol–water partition coefficient (Wildman–Crippen LogP) is 6.11. The first kappa shape index (κ1) is 15.2. The van der Waals surface area contributed by atoms with Crippen LogP contribution in [0.4, 0.5) is 13.2 Å². The van der Waals surface area contributed by atoms with Crippen LogP contribution in [0.25, 0.3) is 0 Å². The minimum absolute atomic E-state index is 0.0964. The van der Waals surface area contributed by atoms with E-state index in [9.17, 15) is 13.2 Å². The van der Waals surface area contributed by atoms with Crippen LogP contribution in [0.5, 0.6) is 0 Å². The smallest absolute Gasteiger partial charge is 0.170 e. The molecule has 0 unspecified atom stereocenters. The minimum Gasteiger partial charge on any atom is -0.170 e. The van der Waals surface area contributed by atoms with Crippen LogP contribution in [0.1, 0.15) is 77.6 Å². The lowest BCUT2D eigenvalue weighted by Crippen LogP contribution is -2.47. The molecule has 3 heteroatoms. The van der Waals surface area contributed by atoms with Gasteiger partial charge in [-0.1, -0.05) is 51.9 Å². The molecular weight excluding hydrogens is 249 g/mol. The Kier molecular flexibility index (Phi) is 4.84. The van der Waals surface area contributed by atoms with Crippen LogP contribution in [-0.2, 0) is 0 Å². The second-order valence-electron chi connectivity index (χ2n) is 6.72. The van der Waals surface area contributed by atoms with Crippen LogP contribution in [0, 0.1) is 17.3 Å². The van der Waals surface area contributed by atoms with E-state index in [0.29, 0.717) is 18.8 Å². The molecule has 0 spiro atoms. The van der Waals surface area contributed by atoms with Crippen LogP contribution >= 0.6 is 0 Å². The Morgan fingerprint density at radius 1 is 0.947 bits per heavy atom. The Balaban J connectivity index is 2.04. The maximum absolute atomic E-state index is 13.6. The fourth-order valence-corrected chi connectivity index (χ4v) is 4.52. The second-order valence-corrected chi connectivity index (χ2v) is 6.72. The first-order chi connectivity index (χ1) is 8.99. The van der Waals surface area contributed by atoms with Crippen molar-refractivity contribution < 1.29 is 13.2 Å². The lowest BCUT2D eigenvalue weighted by Gasteiger charge is -2.47. The van der Waals surface area contributed by atoms with Crippen molar-refractivity contribution >= 4 is 0 Å². The first-order valence-electron chi connectivity index (χ1n) is 8.06. The van der Waals surface area contributed by atoms with Crippen molar-refractivity contribution in [3.8, 4) is 0 Å². The first-order valence-corrected chi connectivity index (χ1v) is 8.06. The van der Waals surface area contributed by atoms with Gasteiger partial charge >= 0.3 is 6.18 Å². The van der Waals surface area contributed by atoms with Gasteiger partial charge < -0.3 is 0 Å². The molecule has 0 radical (unpaired) electrons. The molecule has 2 fully saturated rings. The van der Waals surface area contributed by atoms with Crippen LogP contribution in [0.3, 0.4) is 0 Å². The monoisotopic (exact) mass is 276 g/mol. The van der Waals surface area contributed by atoms with Gasteiger partial charge in [-0.3, -0.25) is 0 Å². The zero-order valence-electron chi connectivity index (χ0n) is 12.1. The molecule has 0 atom stereocenters. The molecule has 0 heterocycles. The van der Waals surface area contributed by atoms with E-state index < -0.39 is 11.6 Å². The average molecular weight is 276 g/mol. The molecule has 0 aromatic rings. The lowest BCUT2D eigenvalue weighted by molar-refractivity contribution is -0.258. The summed E-state index contributed by atoms with van der Waals surface area (Å²) in [6.07, 6.45) is 5.35. The highest BCUT2D eigenvalue weighted by Gasteiger charge is 2.58. The molecule has 2 saturated carbocycles. The summed E-state index contributed by atoms with van der Waals surface area (Å²) in [7, 11) is 0. The Morgan fingerprint density at radius 3 is 2.00 bits per heavy atom. The van der Waals surface area contributed by atoms with Crippen molar-refractivity contribution in [3.05, 3.63) is 0 Å². The van der Waals surface area contributed by atoms with Crippen molar-refractivity contribution in [1.82, 2.24) is 0 Å². The molecule has 0 aromatic carbocycles. The molecule has 0 saturated heterocycles. The standard InChI is InChI=1S/C16H27F3/c1-2-6-13-7-9-14(10-8-13)15(16(17,18)19)11-4-3-5-12-15/h13-14H,2-12H2,1H3. The van der Waals surface area contributed by atoms with E-state index in [1.54, 1.807) is 0 Å². The molecule has 0 aliphatic heterocycles. The maximum atomic E-state index is 13.6. The van der Waals surface area contributed by atoms with Crippen molar-refractivity contribution in [3.63, 3.8) is 0 Å². The van der Waals surface area contributed by atoms with Crippen molar-refractivity contribution in [2.24, 2.45) is 17.3 Å². The third-order valence-electron chi connectivity index (χ3n) is 5.64. The third kappa shape index (κ3) is 3.11. The van der Waals surface area contributed by atoms with Gasteiger partial charge in [0.05, 0.1) is 5.41 Å². The van der Waals surface area contributed by atoms with Gasteiger partial charge in [-0.25, -0.2) is 0 Å². The minimum atomic E-state index is -3.99. The zero-order valence-corrected chi connectivity index (χ0v) is 12.1. The zero-order chi connectivity index (χ0) is 13.9. The van der Waals surface area contributed by atoms with Crippen LogP contribution in [0.15, 0.2) is 0 Å². The highest BCUT2D eigenvalue weighted by atomic mass is 19.4. The second kappa shape index (κ2) is 6.05. The topological polar surface area (TPSA) is 0 Å². The molecule has 0 nitrogen and oxygen atoms in total. The Bertz CT molecular complexity index is 268. The average Bonchev–Trinajstić information content (AvgIpc) is 2.39. The van der Waals surface area contributed by atoms with E-state index in [4.69, 9.17) is 0 Å². The highest BCUT2D eigenvalue weighted by Crippen LogP contribution is 2.57. The fourth-order valence-electron chi connectivity index (χ4n) is 4.52. The summed E-state index contributed by atoms with van der Waals surface area (Å²) in [6.45, 7) is 2.17. The van der Waals surface area contributed by atoms with Gasteiger partial charge in [-0.05, 0) is 37.5 Å². The van der Waals surface area contributed by atoms with E-state index in [1.165, 1.54) is 12.8 Å². The normalized spacial score (nSPS) is 32.2. The third-order valence-corrected chi connectivity index (χ3v) is 5.64. The molecule has 0 amide bonds. The van der Waals surface area contributed by atoms with Crippen molar-refractivity contribution in [1.29, 1.82) is 0 Å². The molecule has 112 valence electrons. The van der Waals surface area contributed by atoms with Gasteiger partial charge in [0.25, 0.3) is 0 Å². The van der Waals surface area contributed by atoms with Gasteiger partial charge in [-0.15, -0.1) is 0 Å². The van der Waals surface area contributed by atoms with E-state index in [1.807, 2.05) is 0 Å². The summed E-state index contributed by atoms with van der Waals surface area (Å²) in [5, 5.41) is 0. The predicted molar refractivity (Wildman–Crippen MR) is 71.9 cm³/mol. The van der Waals surface area contributed by atoms with E-state index in [0.717, 1.165) is 44.9 Å². The molecule has 19 heavy (non-hydrogen) atoms. The summed E-state index contributed by atoms with van der Waals surface area (Å²) in [4.78, 5) is 0. The maximum Gasteiger partial charge on any atom is 0.394 e. The molecular formula is C16H27F3. The number of hydrogen-bond acceptors (Lipinski definition) is 0. The molecule has 0 bridgehead atoms. The molecule has 2 aliphatic rings. The highest BCUT2D eigenvalue weighted by molar-refractivity contribution is 4.96. The van der Waals surface area contributed by atoms with E-state index >= 15 is 0 Å². The molecule has 0 N–H and O–H groups in total. The number of hydrogen-bond donors (Lipinski definition) is 0. The van der Waals surface area contributed by atoms with Gasteiger partial charge in [0.1, 0.15) is 0 Å². The van der Waals surface area contributed by atoms with Crippen molar-refractivity contribution in [2.75, 3.05) is 0 Å². The summed E-state index contributed by atoms with van der Waals surface area (Å²) >= 11 is 0. The number of alkyl halides is 3. The van der Waals surface area contributed by atoms with Gasteiger partial charge in [0.15, 0.2) is 0 Å². The van der Waals surface area contributed by atoms with Crippen molar-refractivity contribution in [2.45, 2.75) is 83.7 Å². The van der Waals surface area contributed by atoms with Crippen LogP contribution in [0.2, 0.25) is 0 Å². The summed E-state index contributed by atoms with van der Waals surface area (Å²) in [6, 6.07) is 0. The molecule has 2 aliphatic carbocycles. The number of halogens is 3. The quantitative estimate of drug-likeness (QED) is 0.583. The number of rotatable bonds is 3. The summed E-state index contributed by atoms with van der Waals surface area (Å²) in [5.74, 6) is 0.594.